The number of rotatable bonds is 2. The molecule has 0 bridgehead atoms. The van der Waals surface area contributed by atoms with Crippen LogP contribution in [0.2, 0.25) is 0 Å². The van der Waals surface area contributed by atoms with Gasteiger partial charge in [0.2, 0.25) is 0 Å². The Morgan fingerprint density at radius 3 is 2.80 bits per heavy atom. The molecule has 1 aromatic heterocycles. The summed E-state index contributed by atoms with van der Waals surface area (Å²) in [6.45, 7) is 2.73. The maximum atomic E-state index is 9.74. The third-order valence-electron chi connectivity index (χ3n) is 2.25. The van der Waals surface area contributed by atoms with E-state index in [1.54, 1.807) is 4.68 Å². The predicted molar refractivity (Wildman–Crippen MR) is 62.7 cm³/mol. The minimum atomic E-state index is 0.212. The van der Waals surface area contributed by atoms with Crippen LogP contribution in [0.15, 0.2) is 34.9 Å². The number of aryl methyl sites for hydroxylation is 1. The van der Waals surface area contributed by atoms with Crippen LogP contribution in [0, 0.1) is 0 Å². The van der Waals surface area contributed by atoms with Gasteiger partial charge in [-0.3, -0.25) is 4.68 Å². The molecule has 1 heterocycles. The lowest BCUT2D eigenvalue weighted by Gasteiger charge is -2.07. The Kier molecular flexibility index (Phi) is 2.77. The van der Waals surface area contributed by atoms with E-state index in [-0.39, 0.29) is 5.75 Å². The van der Waals surface area contributed by atoms with E-state index in [1.807, 2.05) is 31.2 Å². The SMILES string of the molecule is CCn1ncc(O)c1-c1ccccc1Br. The fourth-order valence-corrected chi connectivity index (χ4v) is 2.02. The van der Waals surface area contributed by atoms with Gasteiger partial charge in [0, 0.05) is 16.6 Å². The van der Waals surface area contributed by atoms with Gasteiger partial charge in [-0.15, -0.1) is 0 Å². The summed E-state index contributed by atoms with van der Waals surface area (Å²) in [5.74, 6) is 0.212. The van der Waals surface area contributed by atoms with Crippen molar-refractivity contribution in [1.29, 1.82) is 0 Å². The molecule has 0 radical (unpaired) electrons. The molecular weight excluding hydrogens is 256 g/mol. The first kappa shape index (κ1) is 10.2. The van der Waals surface area contributed by atoms with E-state index in [1.165, 1.54) is 6.20 Å². The lowest BCUT2D eigenvalue weighted by atomic mass is 10.1. The van der Waals surface area contributed by atoms with Gasteiger partial charge < -0.3 is 5.11 Å². The van der Waals surface area contributed by atoms with Gasteiger partial charge in [-0.25, -0.2) is 0 Å². The van der Waals surface area contributed by atoms with Crippen molar-refractivity contribution in [3.63, 3.8) is 0 Å². The summed E-state index contributed by atoms with van der Waals surface area (Å²) < 4.78 is 2.73. The van der Waals surface area contributed by atoms with E-state index in [0.29, 0.717) is 0 Å². The van der Waals surface area contributed by atoms with E-state index in [2.05, 4.69) is 21.0 Å². The molecule has 1 aromatic carbocycles. The van der Waals surface area contributed by atoms with Gasteiger partial charge in [-0.1, -0.05) is 34.1 Å². The molecule has 15 heavy (non-hydrogen) atoms. The van der Waals surface area contributed by atoms with Crippen LogP contribution in [0.1, 0.15) is 6.92 Å². The molecule has 0 atom stereocenters. The smallest absolute Gasteiger partial charge is 0.161 e. The van der Waals surface area contributed by atoms with Crippen LogP contribution in [-0.2, 0) is 6.54 Å². The highest BCUT2D eigenvalue weighted by molar-refractivity contribution is 9.10. The third-order valence-corrected chi connectivity index (χ3v) is 2.94. The molecule has 78 valence electrons. The highest BCUT2D eigenvalue weighted by Crippen LogP contribution is 2.33. The lowest BCUT2D eigenvalue weighted by Crippen LogP contribution is -1.99. The van der Waals surface area contributed by atoms with Crippen molar-refractivity contribution in [3.8, 4) is 17.0 Å². The molecule has 2 rings (SSSR count). The van der Waals surface area contributed by atoms with Gasteiger partial charge in [0.1, 0.15) is 5.69 Å². The molecule has 0 aliphatic rings. The van der Waals surface area contributed by atoms with Crippen molar-refractivity contribution in [2.45, 2.75) is 13.5 Å². The summed E-state index contributed by atoms with van der Waals surface area (Å²) in [5, 5.41) is 13.8. The molecule has 0 amide bonds. The predicted octanol–water partition coefficient (Wildman–Crippen LogP) is 3.04. The zero-order valence-corrected chi connectivity index (χ0v) is 9.90. The first-order chi connectivity index (χ1) is 7.24. The molecule has 0 unspecified atom stereocenters. The van der Waals surface area contributed by atoms with Gasteiger partial charge in [0.25, 0.3) is 0 Å². The molecule has 0 saturated heterocycles. The van der Waals surface area contributed by atoms with E-state index in [0.717, 1.165) is 22.3 Å². The summed E-state index contributed by atoms with van der Waals surface area (Å²) >= 11 is 3.46. The second-order valence-electron chi connectivity index (χ2n) is 3.17. The van der Waals surface area contributed by atoms with Crippen LogP contribution in [0.4, 0.5) is 0 Å². The molecule has 1 N–H and O–H groups in total. The standard InChI is InChI=1S/C11H11BrN2O/c1-2-14-11(10(15)7-13-14)8-5-3-4-6-9(8)12/h3-7,15H,2H2,1H3. The monoisotopic (exact) mass is 266 g/mol. The summed E-state index contributed by atoms with van der Waals surface area (Å²) in [7, 11) is 0. The zero-order valence-electron chi connectivity index (χ0n) is 8.31. The van der Waals surface area contributed by atoms with Gasteiger partial charge in [0.05, 0.1) is 6.20 Å². The van der Waals surface area contributed by atoms with Crippen molar-refractivity contribution in [2.75, 3.05) is 0 Å². The number of nitrogens with zero attached hydrogens (tertiary/aromatic N) is 2. The third kappa shape index (κ3) is 1.77. The van der Waals surface area contributed by atoms with E-state index < -0.39 is 0 Å². The summed E-state index contributed by atoms with van der Waals surface area (Å²) in [6, 6.07) is 7.78. The molecule has 0 aliphatic heterocycles. The molecule has 4 heteroatoms. The molecule has 0 spiro atoms. The van der Waals surface area contributed by atoms with Gasteiger partial charge >= 0.3 is 0 Å². The van der Waals surface area contributed by atoms with Crippen molar-refractivity contribution in [3.05, 3.63) is 34.9 Å². The zero-order chi connectivity index (χ0) is 10.8. The number of aromatic hydroxyl groups is 1. The van der Waals surface area contributed by atoms with Crippen molar-refractivity contribution in [2.24, 2.45) is 0 Å². The Labute approximate surface area is 96.5 Å². The summed E-state index contributed by atoms with van der Waals surface area (Å²) in [6.07, 6.45) is 1.47. The Morgan fingerprint density at radius 2 is 2.13 bits per heavy atom. The normalized spacial score (nSPS) is 10.5. The summed E-state index contributed by atoms with van der Waals surface area (Å²) in [4.78, 5) is 0. The van der Waals surface area contributed by atoms with Gasteiger partial charge in [-0.05, 0) is 13.0 Å². The van der Waals surface area contributed by atoms with Crippen molar-refractivity contribution in [1.82, 2.24) is 9.78 Å². The first-order valence-corrected chi connectivity index (χ1v) is 5.53. The second-order valence-corrected chi connectivity index (χ2v) is 4.03. The summed E-state index contributed by atoms with van der Waals surface area (Å²) in [5.41, 5.74) is 1.71. The maximum absolute atomic E-state index is 9.74. The van der Waals surface area contributed by atoms with E-state index in [4.69, 9.17) is 0 Å². The Morgan fingerprint density at radius 1 is 1.40 bits per heavy atom. The van der Waals surface area contributed by atoms with E-state index in [9.17, 15) is 5.11 Å². The largest absolute Gasteiger partial charge is 0.504 e. The average molecular weight is 267 g/mol. The molecule has 2 aromatic rings. The second kappa shape index (κ2) is 4.06. The molecular formula is C11H11BrN2O. The Balaban J connectivity index is 2.63. The van der Waals surface area contributed by atoms with Crippen LogP contribution in [0.5, 0.6) is 5.75 Å². The van der Waals surface area contributed by atoms with Crippen molar-refractivity contribution >= 4 is 15.9 Å². The minimum Gasteiger partial charge on any atom is -0.504 e. The van der Waals surface area contributed by atoms with Crippen LogP contribution in [0.3, 0.4) is 0 Å². The molecule has 0 aliphatic carbocycles. The lowest BCUT2D eigenvalue weighted by molar-refractivity contribution is 0.476. The number of aromatic nitrogens is 2. The number of hydrogen-bond donors (Lipinski definition) is 1. The highest BCUT2D eigenvalue weighted by Gasteiger charge is 2.13. The molecule has 0 saturated carbocycles. The van der Waals surface area contributed by atoms with Gasteiger partial charge in [0.15, 0.2) is 5.75 Å². The van der Waals surface area contributed by atoms with Crippen LogP contribution < -0.4 is 0 Å². The first-order valence-electron chi connectivity index (χ1n) is 4.73. The Bertz CT molecular complexity index is 479. The fraction of sp³-hybridized carbons (Fsp3) is 0.182. The van der Waals surface area contributed by atoms with Crippen molar-refractivity contribution < 1.29 is 5.11 Å². The minimum absolute atomic E-state index is 0.212. The van der Waals surface area contributed by atoms with Crippen LogP contribution in [-0.4, -0.2) is 14.9 Å². The number of hydrogen-bond acceptors (Lipinski definition) is 2. The average Bonchev–Trinajstić information content (AvgIpc) is 2.60. The maximum Gasteiger partial charge on any atom is 0.161 e. The van der Waals surface area contributed by atoms with Gasteiger partial charge in [-0.2, -0.15) is 5.10 Å². The quantitative estimate of drug-likeness (QED) is 0.908. The topological polar surface area (TPSA) is 38.0 Å². The number of halogens is 1. The molecule has 3 nitrogen and oxygen atoms in total. The van der Waals surface area contributed by atoms with Crippen LogP contribution in [0.25, 0.3) is 11.3 Å². The highest BCUT2D eigenvalue weighted by atomic mass is 79.9. The Hall–Kier alpha value is -1.29. The number of benzene rings is 1. The molecule has 0 fully saturated rings. The van der Waals surface area contributed by atoms with Crippen LogP contribution >= 0.6 is 15.9 Å². The van der Waals surface area contributed by atoms with E-state index >= 15 is 0 Å². The fourth-order valence-electron chi connectivity index (χ4n) is 1.55.